The number of hydrogen-bond acceptors (Lipinski definition) is 1. The van der Waals surface area contributed by atoms with Gasteiger partial charge in [-0.05, 0) is 115 Å². The summed E-state index contributed by atoms with van der Waals surface area (Å²) in [6.45, 7) is 19.2. The Morgan fingerprint density at radius 3 is 1.43 bits per heavy atom. The van der Waals surface area contributed by atoms with Crippen molar-refractivity contribution in [3.63, 3.8) is 0 Å². The molecule has 0 radical (unpaired) electrons. The van der Waals surface area contributed by atoms with Gasteiger partial charge in [-0.3, -0.25) is 0 Å². The maximum absolute atomic E-state index is 2.72. The van der Waals surface area contributed by atoms with E-state index in [0.717, 1.165) is 25.9 Å². The number of rotatable bonds is 37. The second-order valence-electron chi connectivity index (χ2n) is 25.5. The summed E-state index contributed by atoms with van der Waals surface area (Å²) in [7, 11) is 0. The molecule has 3 aliphatic rings. The molecule has 420 valence electrons. The summed E-state index contributed by atoms with van der Waals surface area (Å²) in [5.41, 5.74) is 13.1. The van der Waals surface area contributed by atoms with Crippen molar-refractivity contribution in [3.05, 3.63) is 131 Å². The molecule has 0 aromatic heterocycles. The van der Waals surface area contributed by atoms with Crippen LogP contribution < -0.4 is 4.90 Å². The number of hydrogen-bond donors (Lipinski definition) is 0. The minimum absolute atomic E-state index is 0.0862. The predicted molar refractivity (Wildman–Crippen MR) is 342 cm³/mol. The highest BCUT2D eigenvalue weighted by atomic mass is 15.2. The van der Waals surface area contributed by atoms with E-state index in [1.54, 1.807) is 0 Å². The van der Waals surface area contributed by atoms with Crippen LogP contribution in [0.25, 0.3) is 21.5 Å². The third kappa shape index (κ3) is 16.9. The molecular formula is C75H111N2+. The molecule has 7 rings (SSSR count). The molecule has 0 fully saturated rings. The van der Waals surface area contributed by atoms with Gasteiger partial charge in [-0.2, -0.15) is 4.58 Å². The second-order valence-corrected chi connectivity index (χ2v) is 25.5. The molecule has 0 saturated carbocycles. The lowest BCUT2D eigenvalue weighted by molar-refractivity contribution is -0.438. The van der Waals surface area contributed by atoms with Crippen LogP contribution in [0.2, 0.25) is 0 Å². The van der Waals surface area contributed by atoms with Gasteiger partial charge >= 0.3 is 0 Å². The summed E-state index contributed by atoms with van der Waals surface area (Å²) in [6, 6.07) is 27.8. The molecule has 2 heteroatoms. The van der Waals surface area contributed by atoms with Gasteiger partial charge in [0.1, 0.15) is 6.54 Å². The van der Waals surface area contributed by atoms with Gasteiger partial charge < -0.3 is 4.90 Å². The van der Waals surface area contributed by atoms with Crippen molar-refractivity contribution in [2.24, 2.45) is 0 Å². The third-order valence-corrected chi connectivity index (χ3v) is 18.7. The molecule has 0 N–H and O–H groups in total. The van der Waals surface area contributed by atoms with Gasteiger partial charge in [-0.25, -0.2) is 0 Å². The van der Waals surface area contributed by atoms with E-state index in [9.17, 15) is 0 Å². The summed E-state index contributed by atoms with van der Waals surface area (Å²) in [4.78, 5) is 2.72. The number of benzene rings is 4. The quantitative estimate of drug-likeness (QED) is 0.0322. The Morgan fingerprint density at radius 2 is 0.909 bits per heavy atom. The fourth-order valence-corrected chi connectivity index (χ4v) is 14.0. The van der Waals surface area contributed by atoms with Crippen molar-refractivity contribution in [3.8, 4) is 0 Å². The van der Waals surface area contributed by atoms with Crippen LogP contribution >= 0.6 is 0 Å². The maximum atomic E-state index is 2.72. The zero-order valence-electron chi connectivity index (χ0n) is 50.8. The average Bonchev–Trinajstić information content (AvgIpc) is 4.04. The Labute approximate surface area is 473 Å². The van der Waals surface area contributed by atoms with Crippen LogP contribution in [0.3, 0.4) is 0 Å². The van der Waals surface area contributed by atoms with Gasteiger partial charge in [-0.15, -0.1) is 0 Å². The van der Waals surface area contributed by atoms with Crippen molar-refractivity contribution in [2.45, 2.75) is 284 Å². The van der Waals surface area contributed by atoms with E-state index >= 15 is 0 Å². The van der Waals surface area contributed by atoms with Gasteiger partial charge in [0.2, 0.25) is 5.69 Å². The number of fused-ring (bicyclic) bond motifs is 6. The average molecular weight is 1040 g/mol. The zero-order valence-corrected chi connectivity index (χ0v) is 50.8. The van der Waals surface area contributed by atoms with Gasteiger partial charge in [0, 0.05) is 47.5 Å². The molecule has 1 aliphatic carbocycles. The summed E-state index contributed by atoms with van der Waals surface area (Å²) in [6.07, 6.45) is 58.6. The summed E-state index contributed by atoms with van der Waals surface area (Å²) in [5.74, 6) is 0. The standard InChI is InChI=1S/C75H111N2/c1-8-10-12-14-16-18-20-22-24-26-28-30-32-34-36-42-59-76-68-55-51-64-45-38-40-49-66(64)72(68)74(4,5)70(76)57-53-62-47-44-48-63(61(62)3)54-58-71-75(6,7)73-67-50-41-39-46-65(67)52-56-69(73)77(71)60-43-37-35-33-31-29-27-25-23-21-19-17-15-13-11-9-2/h38-41,45-46,49-58H,8-37,42-44,47-48,59-60H2,1-7H3/q+1. The van der Waals surface area contributed by atoms with Crippen molar-refractivity contribution < 1.29 is 4.58 Å². The van der Waals surface area contributed by atoms with E-state index in [-0.39, 0.29) is 10.8 Å². The van der Waals surface area contributed by atoms with Crippen molar-refractivity contribution in [2.75, 3.05) is 18.0 Å². The second kappa shape index (κ2) is 32.2. The largest absolute Gasteiger partial charge is 0.344 e. The minimum Gasteiger partial charge on any atom is -0.344 e. The fraction of sp³-hybridized carbons (Fsp3) is 0.613. The van der Waals surface area contributed by atoms with Crippen LogP contribution in [-0.4, -0.2) is 23.4 Å². The highest BCUT2D eigenvalue weighted by Gasteiger charge is 2.45. The lowest BCUT2D eigenvalue weighted by Crippen LogP contribution is -2.28. The Hall–Kier alpha value is -4.17. The summed E-state index contributed by atoms with van der Waals surface area (Å²) in [5, 5.41) is 5.53. The van der Waals surface area contributed by atoms with Crippen molar-refractivity contribution in [1.82, 2.24) is 0 Å². The van der Waals surface area contributed by atoms with Crippen molar-refractivity contribution >= 4 is 38.6 Å². The zero-order chi connectivity index (χ0) is 54.1. The van der Waals surface area contributed by atoms with Gasteiger partial charge in [-0.1, -0.05) is 281 Å². The SMILES string of the molecule is CCCCCCCCCCCCCCCCCCN1/C(=C/C=C2\CCCC(/C=C/C3=[N+](CCCCCCCCCCCCCCCCCC)c4ccc5ccccc5c4C3(C)C)=C2C)C(C)(C)c2c1ccc1ccccc21. The molecular weight excluding hydrogens is 929 g/mol. The molecule has 4 aromatic carbocycles. The van der Waals surface area contributed by atoms with E-state index in [0.29, 0.717) is 0 Å². The van der Waals surface area contributed by atoms with E-state index in [1.807, 2.05) is 0 Å². The maximum Gasteiger partial charge on any atom is 0.210 e. The highest BCUT2D eigenvalue weighted by Crippen LogP contribution is 2.51. The number of nitrogens with zero attached hydrogens (tertiary/aromatic N) is 2. The van der Waals surface area contributed by atoms with Gasteiger partial charge in [0.25, 0.3) is 0 Å². The molecule has 4 aromatic rings. The van der Waals surface area contributed by atoms with Crippen LogP contribution in [0.4, 0.5) is 11.4 Å². The Balaban J connectivity index is 0.985. The monoisotopic (exact) mass is 1040 g/mol. The molecule has 77 heavy (non-hydrogen) atoms. The van der Waals surface area contributed by atoms with Crippen LogP contribution in [0.15, 0.2) is 120 Å². The van der Waals surface area contributed by atoms with E-state index in [2.05, 4.69) is 155 Å². The lowest BCUT2D eigenvalue weighted by atomic mass is 9.78. The van der Waals surface area contributed by atoms with Crippen LogP contribution in [0, 0.1) is 0 Å². The molecule has 0 bridgehead atoms. The number of anilines is 1. The normalized spacial score (nSPS) is 17.2. The molecule has 2 aliphatic heterocycles. The third-order valence-electron chi connectivity index (χ3n) is 18.7. The first-order chi connectivity index (χ1) is 37.7. The minimum atomic E-state index is -0.0862. The van der Waals surface area contributed by atoms with E-state index < -0.39 is 0 Å². The van der Waals surface area contributed by atoms with Crippen LogP contribution in [0.1, 0.15) is 284 Å². The van der Waals surface area contributed by atoms with E-state index in [1.165, 1.54) is 284 Å². The Morgan fingerprint density at radius 1 is 0.455 bits per heavy atom. The summed E-state index contributed by atoms with van der Waals surface area (Å²) < 4.78 is 2.72. The smallest absolute Gasteiger partial charge is 0.210 e. The van der Waals surface area contributed by atoms with Crippen LogP contribution in [0.5, 0.6) is 0 Å². The topological polar surface area (TPSA) is 6.25 Å². The van der Waals surface area contributed by atoms with Gasteiger partial charge in [0.15, 0.2) is 5.71 Å². The number of allylic oxidation sites excluding steroid dienone is 8. The molecule has 2 nitrogen and oxygen atoms in total. The summed E-state index contributed by atoms with van der Waals surface area (Å²) >= 11 is 0. The molecule has 0 amide bonds. The molecule has 0 atom stereocenters. The fourth-order valence-electron chi connectivity index (χ4n) is 14.0. The molecule has 0 spiro atoms. The Bertz CT molecular complexity index is 2570. The lowest BCUT2D eigenvalue weighted by Gasteiger charge is -2.27. The van der Waals surface area contributed by atoms with E-state index in [4.69, 9.17) is 0 Å². The Kier molecular flexibility index (Phi) is 25.3. The van der Waals surface area contributed by atoms with Crippen LogP contribution in [-0.2, 0) is 10.8 Å². The first kappa shape index (κ1) is 60.5. The predicted octanol–water partition coefficient (Wildman–Crippen LogP) is 23.6. The number of unbranched alkanes of at least 4 members (excludes halogenated alkanes) is 30. The first-order valence-electron chi connectivity index (χ1n) is 32.9. The first-order valence-corrected chi connectivity index (χ1v) is 32.9. The molecule has 0 saturated heterocycles. The van der Waals surface area contributed by atoms with Crippen molar-refractivity contribution in [1.29, 1.82) is 0 Å². The molecule has 0 unspecified atom stereocenters. The van der Waals surface area contributed by atoms with Gasteiger partial charge in [0.05, 0.1) is 5.41 Å². The highest BCUT2D eigenvalue weighted by molar-refractivity contribution is 6.07. The molecule has 2 heterocycles.